The highest BCUT2D eigenvalue weighted by atomic mass is 16.6. The summed E-state index contributed by atoms with van der Waals surface area (Å²) >= 11 is 0. The third kappa shape index (κ3) is 34.2. The van der Waals surface area contributed by atoms with E-state index >= 15 is 0 Å². The predicted octanol–water partition coefficient (Wildman–Crippen LogP) is 4.01. The first-order chi connectivity index (χ1) is 25.8. The van der Waals surface area contributed by atoms with Crippen LogP contribution in [-0.2, 0) is 61.7 Å². The van der Waals surface area contributed by atoms with Gasteiger partial charge in [-0.3, -0.25) is 14.5 Å². The molecule has 0 unspecified atom stereocenters. The van der Waals surface area contributed by atoms with E-state index in [0.29, 0.717) is 132 Å². The second kappa shape index (κ2) is 40.6. The van der Waals surface area contributed by atoms with Gasteiger partial charge in [0.05, 0.1) is 145 Å². The van der Waals surface area contributed by atoms with Crippen molar-refractivity contribution < 1.29 is 61.7 Å². The molecule has 1 aliphatic heterocycles. The molecule has 306 valence electrons. The molecule has 0 radical (unpaired) electrons. The number of nitrogens with zero attached hydrogens (tertiary/aromatic N) is 1. The van der Waals surface area contributed by atoms with Crippen LogP contribution in [0, 0.1) is 0 Å². The van der Waals surface area contributed by atoms with Crippen molar-refractivity contribution in [3.05, 3.63) is 12.2 Å². The monoisotopic (exact) mass is 749 g/mol. The zero-order chi connectivity index (χ0) is 37.3. The average Bonchev–Trinajstić information content (AvgIpc) is 3.47. The fourth-order valence-electron chi connectivity index (χ4n) is 4.80. The number of amides is 2. The Bertz CT molecular complexity index is 787. The number of rotatable bonds is 44. The Morgan fingerprint density at radius 3 is 0.846 bits per heavy atom. The van der Waals surface area contributed by atoms with Crippen molar-refractivity contribution >= 4 is 11.8 Å². The van der Waals surface area contributed by atoms with Crippen molar-refractivity contribution in [3.8, 4) is 0 Å². The quantitative estimate of drug-likeness (QED) is 0.0656. The standard InChI is InChI=1S/C38H71NO13/c1-2-3-4-5-6-7-8-9-10-11-15-42-17-19-44-21-23-46-25-27-48-29-31-50-33-35-52-36-34-51-32-30-49-28-26-47-24-22-45-20-18-43-16-14-39-37(40)12-13-38(39)41/h12-13H,2-11,14-36H2,1H3. The fraction of sp³-hybridized carbons (Fsp3) is 0.895. The molecule has 14 heteroatoms. The molecule has 0 atom stereocenters. The van der Waals surface area contributed by atoms with Gasteiger partial charge < -0.3 is 52.1 Å². The van der Waals surface area contributed by atoms with Crippen molar-refractivity contribution in [3.63, 3.8) is 0 Å². The van der Waals surface area contributed by atoms with Gasteiger partial charge in [0.15, 0.2) is 0 Å². The lowest BCUT2D eigenvalue weighted by molar-refractivity contribution is -0.137. The van der Waals surface area contributed by atoms with Gasteiger partial charge in [0.25, 0.3) is 11.8 Å². The first kappa shape index (κ1) is 48.5. The molecular weight excluding hydrogens is 678 g/mol. The molecule has 0 saturated carbocycles. The number of carbonyl (C=O) groups is 2. The maximum absolute atomic E-state index is 11.4. The van der Waals surface area contributed by atoms with Crippen LogP contribution in [0.15, 0.2) is 12.2 Å². The number of ether oxygens (including phenoxy) is 11. The number of imide groups is 1. The van der Waals surface area contributed by atoms with Gasteiger partial charge in [-0.2, -0.15) is 0 Å². The summed E-state index contributed by atoms with van der Waals surface area (Å²) in [5.41, 5.74) is 0. The normalized spacial score (nSPS) is 13.0. The number of hydrogen-bond acceptors (Lipinski definition) is 13. The molecule has 1 rings (SSSR count). The maximum atomic E-state index is 11.4. The maximum Gasteiger partial charge on any atom is 0.253 e. The first-order valence-corrected chi connectivity index (χ1v) is 19.6. The highest BCUT2D eigenvalue weighted by molar-refractivity contribution is 6.12. The van der Waals surface area contributed by atoms with Crippen LogP contribution in [0.3, 0.4) is 0 Å². The highest BCUT2D eigenvalue weighted by Crippen LogP contribution is 2.10. The van der Waals surface area contributed by atoms with Gasteiger partial charge in [-0.1, -0.05) is 64.7 Å². The molecule has 0 aliphatic carbocycles. The molecule has 0 aromatic heterocycles. The predicted molar refractivity (Wildman–Crippen MR) is 197 cm³/mol. The summed E-state index contributed by atoms with van der Waals surface area (Å²) in [7, 11) is 0. The van der Waals surface area contributed by atoms with Crippen molar-refractivity contribution in [1.82, 2.24) is 4.90 Å². The highest BCUT2D eigenvalue weighted by Gasteiger charge is 2.22. The molecule has 0 aromatic rings. The van der Waals surface area contributed by atoms with Gasteiger partial charge in [-0.15, -0.1) is 0 Å². The Balaban J connectivity index is 1.61. The minimum absolute atomic E-state index is 0.241. The lowest BCUT2D eigenvalue weighted by Crippen LogP contribution is -2.33. The Kier molecular flexibility index (Phi) is 37.9. The van der Waals surface area contributed by atoms with Crippen LogP contribution in [0.2, 0.25) is 0 Å². The van der Waals surface area contributed by atoms with E-state index in [1.807, 2.05) is 0 Å². The van der Waals surface area contributed by atoms with Crippen LogP contribution in [-0.4, -0.2) is 169 Å². The van der Waals surface area contributed by atoms with Crippen LogP contribution in [0.4, 0.5) is 0 Å². The van der Waals surface area contributed by atoms with Crippen LogP contribution in [0.1, 0.15) is 71.1 Å². The summed E-state index contributed by atoms with van der Waals surface area (Å²) in [5.74, 6) is -0.608. The molecule has 14 nitrogen and oxygen atoms in total. The minimum atomic E-state index is -0.304. The molecule has 2 amide bonds. The van der Waals surface area contributed by atoms with E-state index in [0.717, 1.165) is 17.9 Å². The van der Waals surface area contributed by atoms with Crippen molar-refractivity contribution in [1.29, 1.82) is 0 Å². The second-order valence-corrected chi connectivity index (χ2v) is 12.1. The van der Waals surface area contributed by atoms with E-state index in [1.54, 1.807) is 0 Å². The third-order valence-electron chi connectivity index (χ3n) is 7.72. The molecule has 1 aliphatic rings. The van der Waals surface area contributed by atoms with Crippen molar-refractivity contribution in [2.75, 3.05) is 152 Å². The molecular formula is C38H71NO13. The molecule has 1 heterocycles. The summed E-state index contributed by atoms with van der Waals surface area (Å²) < 4.78 is 60.4. The van der Waals surface area contributed by atoms with E-state index in [-0.39, 0.29) is 25.0 Å². The number of carbonyl (C=O) groups excluding carboxylic acids is 2. The largest absolute Gasteiger partial charge is 0.379 e. The van der Waals surface area contributed by atoms with Crippen LogP contribution >= 0.6 is 0 Å². The zero-order valence-electron chi connectivity index (χ0n) is 32.2. The van der Waals surface area contributed by atoms with Crippen molar-refractivity contribution in [2.45, 2.75) is 71.1 Å². The Morgan fingerprint density at radius 1 is 0.327 bits per heavy atom. The van der Waals surface area contributed by atoms with Gasteiger partial charge in [0.2, 0.25) is 0 Å². The van der Waals surface area contributed by atoms with E-state index < -0.39 is 0 Å². The van der Waals surface area contributed by atoms with Gasteiger partial charge >= 0.3 is 0 Å². The molecule has 0 fully saturated rings. The van der Waals surface area contributed by atoms with Crippen LogP contribution < -0.4 is 0 Å². The average molecular weight is 750 g/mol. The fourth-order valence-corrected chi connectivity index (χ4v) is 4.80. The SMILES string of the molecule is CCCCCCCCCCCCOCCOCCOCCOCCOCCOCCOCCOCCOCCOCCOCCN1C(=O)C=CC1=O. The molecule has 0 spiro atoms. The molecule has 0 N–H and O–H groups in total. The molecule has 0 aromatic carbocycles. The summed E-state index contributed by atoms with van der Waals surface area (Å²) in [6, 6.07) is 0. The van der Waals surface area contributed by atoms with Gasteiger partial charge in [0, 0.05) is 18.8 Å². The van der Waals surface area contributed by atoms with Crippen molar-refractivity contribution in [2.24, 2.45) is 0 Å². The zero-order valence-corrected chi connectivity index (χ0v) is 32.2. The van der Waals surface area contributed by atoms with E-state index in [1.165, 1.54) is 69.9 Å². The summed E-state index contributed by atoms with van der Waals surface area (Å²) in [6.45, 7) is 13.7. The Labute approximate surface area is 313 Å². The lowest BCUT2D eigenvalue weighted by Gasteiger charge is -2.13. The van der Waals surface area contributed by atoms with Gasteiger partial charge in [-0.05, 0) is 6.42 Å². The van der Waals surface area contributed by atoms with E-state index in [2.05, 4.69) is 6.92 Å². The molecule has 52 heavy (non-hydrogen) atoms. The third-order valence-corrected chi connectivity index (χ3v) is 7.72. The van der Waals surface area contributed by atoms with Crippen LogP contribution in [0.25, 0.3) is 0 Å². The van der Waals surface area contributed by atoms with E-state index in [4.69, 9.17) is 52.1 Å². The Morgan fingerprint density at radius 2 is 0.558 bits per heavy atom. The Hall–Kier alpha value is -1.56. The summed E-state index contributed by atoms with van der Waals surface area (Å²) in [4.78, 5) is 24.0. The van der Waals surface area contributed by atoms with E-state index in [9.17, 15) is 9.59 Å². The van der Waals surface area contributed by atoms with Crippen LogP contribution in [0.5, 0.6) is 0 Å². The minimum Gasteiger partial charge on any atom is -0.379 e. The molecule has 0 bridgehead atoms. The summed E-state index contributed by atoms with van der Waals surface area (Å²) in [6.07, 6.45) is 15.9. The second-order valence-electron chi connectivity index (χ2n) is 12.1. The number of hydrogen-bond donors (Lipinski definition) is 0. The summed E-state index contributed by atoms with van der Waals surface area (Å²) in [5, 5.41) is 0. The lowest BCUT2D eigenvalue weighted by atomic mass is 10.1. The smallest absolute Gasteiger partial charge is 0.253 e. The van der Waals surface area contributed by atoms with Gasteiger partial charge in [-0.25, -0.2) is 0 Å². The topological polar surface area (TPSA) is 139 Å². The van der Waals surface area contributed by atoms with Gasteiger partial charge in [0.1, 0.15) is 0 Å². The number of unbranched alkanes of at least 4 members (excludes halogenated alkanes) is 9. The molecule has 0 saturated heterocycles. The first-order valence-electron chi connectivity index (χ1n) is 19.6.